The molecular weight excluding hydrogens is 685 g/mol. The van der Waals surface area contributed by atoms with Gasteiger partial charge >= 0.3 is 19.6 Å². The Kier molecular flexibility index (Phi) is 24.1. The lowest BCUT2D eigenvalue weighted by molar-refractivity contribution is -0.141. The van der Waals surface area contributed by atoms with Crippen LogP contribution in [-0.2, 0) is 19.1 Å². The molecule has 0 atom stereocenters. The smallest absolute Gasteiger partial charge is 0.528 e. The van der Waals surface area contributed by atoms with Crippen molar-refractivity contribution in [3.8, 4) is 11.5 Å². The quantitative estimate of drug-likeness (QED) is 0.0465. The Morgan fingerprint density at radius 2 is 0.830 bits per heavy atom. The molecule has 2 rings (SSSR count). The normalized spacial score (nSPS) is 10.7. The Bertz CT molecular complexity index is 1280. The van der Waals surface area contributed by atoms with E-state index in [0.717, 1.165) is 128 Å². The molecular formula is C40H59BF2N2O8. The zero-order chi connectivity index (χ0) is 38.5. The average molecular weight is 745 g/mol. The number of amides is 2. The van der Waals surface area contributed by atoms with E-state index in [0.29, 0.717) is 25.9 Å². The van der Waals surface area contributed by atoms with Gasteiger partial charge in [0, 0.05) is 38.1 Å². The molecule has 53 heavy (non-hydrogen) atoms. The van der Waals surface area contributed by atoms with Crippen LogP contribution in [0, 0.1) is 11.6 Å². The van der Waals surface area contributed by atoms with Gasteiger partial charge in [0.15, 0.2) is 0 Å². The lowest BCUT2D eigenvalue weighted by atomic mass is 10.1. The maximum absolute atomic E-state index is 14.7. The van der Waals surface area contributed by atoms with Crippen molar-refractivity contribution < 1.29 is 46.7 Å². The van der Waals surface area contributed by atoms with E-state index >= 15 is 0 Å². The summed E-state index contributed by atoms with van der Waals surface area (Å²) in [6, 6.07) is 7.81. The molecule has 0 aliphatic carbocycles. The van der Waals surface area contributed by atoms with Gasteiger partial charge in [-0.2, -0.15) is 0 Å². The molecule has 13 heteroatoms. The molecule has 0 aromatic heterocycles. The van der Waals surface area contributed by atoms with Crippen molar-refractivity contribution >= 4 is 31.4 Å². The van der Waals surface area contributed by atoms with E-state index in [-0.39, 0.29) is 42.2 Å². The Balaban J connectivity index is 1.55. The van der Waals surface area contributed by atoms with Crippen LogP contribution in [0.15, 0.2) is 36.4 Å². The molecule has 0 aliphatic rings. The van der Waals surface area contributed by atoms with Crippen molar-refractivity contribution in [1.82, 2.24) is 10.6 Å². The summed E-state index contributed by atoms with van der Waals surface area (Å²) in [7, 11) is 2.48. The zero-order valence-electron chi connectivity index (χ0n) is 31.7. The molecule has 0 fully saturated rings. The molecule has 0 saturated carbocycles. The highest BCUT2D eigenvalue weighted by molar-refractivity contribution is 6.20. The lowest BCUT2D eigenvalue weighted by Crippen LogP contribution is -2.25. The monoisotopic (exact) mass is 744 g/mol. The maximum atomic E-state index is 14.7. The van der Waals surface area contributed by atoms with Gasteiger partial charge in [0.25, 0.3) is 11.8 Å². The van der Waals surface area contributed by atoms with Crippen LogP contribution in [0.4, 0.5) is 8.78 Å². The number of ether oxygens (including phenoxy) is 2. The fourth-order valence-corrected chi connectivity index (χ4v) is 5.77. The molecule has 2 amide bonds. The van der Waals surface area contributed by atoms with Crippen molar-refractivity contribution in [3.63, 3.8) is 0 Å². The first-order valence-electron chi connectivity index (χ1n) is 19.3. The molecule has 2 aromatic carbocycles. The maximum Gasteiger partial charge on any atom is 0.576 e. The second kappa shape index (κ2) is 28.4. The molecule has 294 valence electrons. The Morgan fingerprint density at radius 1 is 0.509 bits per heavy atom. The first kappa shape index (κ1) is 45.0. The van der Waals surface area contributed by atoms with E-state index in [9.17, 15) is 28.0 Å². The number of methoxy groups -OCH3 is 2. The molecule has 0 unspecified atom stereocenters. The molecule has 0 spiro atoms. The number of rotatable bonds is 30. The van der Waals surface area contributed by atoms with Crippen LogP contribution in [-0.4, -0.2) is 58.7 Å². The van der Waals surface area contributed by atoms with Crippen molar-refractivity contribution in [1.29, 1.82) is 0 Å². The van der Waals surface area contributed by atoms with Crippen LogP contribution in [0.3, 0.4) is 0 Å². The van der Waals surface area contributed by atoms with Crippen molar-refractivity contribution in [3.05, 3.63) is 59.2 Å². The average Bonchev–Trinajstić information content (AvgIpc) is 3.15. The highest BCUT2D eigenvalue weighted by Crippen LogP contribution is 2.20. The van der Waals surface area contributed by atoms with Gasteiger partial charge in [-0.1, -0.05) is 89.9 Å². The van der Waals surface area contributed by atoms with E-state index in [1.807, 2.05) is 0 Å². The minimum atomic E-state index is -0.728. The molecule has 0 aliphatic heterocycles. The molecule has 0 bridgehead atoms. The Morgan fingerprint density at radius 3 is 1.15 bits per heavy atom. The second-order valence-electron chi connectivity index (χ2n) is 13.2. The molecule has 2 N–H and O–H groups in total. The summed E-state index contributed by atoms with van der Waals surface area (Å²) in [6.45, 7) is 0.915. The summed E-state index contributed by atoms with van der Waals surface area (Å²) in [4.78, 5) is 47.1. The highest BCUT2D eigenvalue weighted by atomic mass is 19.1. The molecule has 0 heterocycles. The molecule has 10 nitrogen and oxygen atoms in total. The third-order valence-corrected chi connectivity index (χ3v) is 8.96. The van der Waals surface area contributed by atoms with Gasteiger partial charge in [-0.05, 0) is 49.9 Å². The molecule has 2 aromatic rings. The summed E-state index contributed by atoms with van der Waals surface area (Å²) in [6.07, 6.45) is 19.5. The topological polar surface area (TPSA) is 129 Å². The number of carbonyl (C=O) groups is 4. The van der Waals surface area contributed by atoms with E-state index in [1.54, 1.807) is 0 Å². The Labute approximate surface area is 314 Å². The first-order valence-corrected chi connectivity index (χ1v) is 19.3. The largest absolute Gasteiger partial charge is 0.576 e. The predicted molar refractivity (Wildman–Crippen MR) is 202 cm³/mol. The van der Waals surface area contributed by atoms with Gasteiger partial charge in [0.1, 0.15) is 23.1 Å². The van der Waals surface area contributed by atoms with Crippen LogP contribution < -0.4 is 19.9 Å². The number of hydrogen-bond donors (Lipinski definition) is 2. The highest BCUT2D eigenvalue weighted by Gasteiger charge is 2.15. The van der Waals surface area contributed by atoms with Crippen LogP contribution >= 0.6 is 0 Å². The first-order chi connectivity index (χ1) is 25.7. The van der Waals surface area contributed by atoms with Gasteiger partial charge in [-0.25, -0.2) is 8.78 Å². The number of unbranched alkanes of at least 4 members (excludes halogenated alkanes) is 16. The van der Waals surface area contributed by atoms with Gasteiger partial charge in [0.05, 0.1) is 25.3 Å². The minimum absolute atomic E-state index is 0.0850. The van der Waals surface area contributed by atoms with Crippen molar-refractivity contribution in [2.45, 2.75) is 128 Å². The minimum Gasteiger partial charge on any atom is -0.528 e. The molecule has 0 saturated heterocycles. The SMILES string of the molecule is COC(=O)CCCCCCCCCCCNC(=O)c1ccc(OBOc2ccc(C(=O)NCCCCCCCCCCCC(=O)OC)c(F)c2)cc1F. The van der Waals surface area contributed by atoms with Crippen LogP contribution in [0.1, 0.15) is 149 Å². The summed E-state index contributed by atoms with van der Waals surface area (Å²) in [5.74, 6) is -2.47. The number of carbonyl (C=O) groups excluding carboxylic acids is 4. The van der Waals surface area contributed by atoms with Crippen LogP contribution in [0.2, 0.25) is 0 Å². The summed E-state index contributed by atoms with van der Waals surface area (Å²) in [5.41, 5.74) is -0.170. The van der Waals surface area contributed by atoms with Gasteiger partial charge in [-0.3, -0.25) is 19.2 Å². The fourth-order valence-electron chi connectivity index (χ4n) is 5.77. The van der Waals surface area contributed by atoms with Crippen LogP contribution in [0.5, 0.6) is 11.5 Å². The second-order valence-corrected chi connectivity index (χ2v) is 13.2. The summed E-state index contributed by atoms with van der Waals surface area (Å²) in [5, 5.41) is 5.52. The van der Waals surface area contributed by atoms with E-state index in [2.05, 4.69) is 20.1 Å². The van der Waals surface area contributed by atoms with Gasteiger partial charge in [-0.15, -0.1) is 0 Å². The molecule has 0 radical (unpaired) electrons. The van der Waals surface area contributed by atoms with E-state index in [1.165, 1.54) is 38.5 Å². The van der Waals surface area contributed by atoms with E-state index in [4.69, 9.17) is 9.31 Å². The summed E-state index contributed by atoms with van der Waals surface area (Å²) >= 11 is 0. The fraction of sp³-hybridized carbons (Fsp3) is 0.600. The van der Waals surface area contributed by atoms with Crippen LogP contribution in [0.25, 0.3) is 0 Å². The number of nitrogens with one attached hydrogen (secondary N) is 2. The summed E-state index contributed by atoms with van der Waals surface area (Å²) < 4.78 is 49.5. The van der Waals surface area contributed by atoms with E-state index < -0.39 is 23.4 Å². The number of hydrogen-bond acceptors (Lipinski definition) is 8. The van der Waals surface area contributed by atoms with Crippen molar-refractivity contribution in [2.75, 3.05) is 27.3 Å². The predicted octanol–water partition coefficient (Wildman–Crippen LogP) is 8.30. The number of benzene rings is 2. The van der Waals surface area contributed by atoms with Crippen molar-refractivity contribution in [2.24, 2.45) is 0 Å². The lowest BCUT2D eigenvalue weighted by Gasteiger charge is -2.11. The third-order valence-electron chi connectivity index (χ3n) is 8.96. The Hall–Kier alpha value is -4.16. The van der Waals surface area contributed by atoms with Gasteiger partial charge < -0.3 is 29.4 Å². The zero-order valence-corrected chi connectivity index (χ0v) is 31.7. The number of halogens is 2. The third kappa shape index (κ3) is 20.6. The van der Waals surface area contributed by atoms with Gasteiger partial charge in [0.2, 0.25) is 0 Å². The standard InChI is InChI=1S/C40H59BF2N2O8/c1-50-37(46)21-17-13-9-5-3-7-11-15-19-27-44-39(48)33-25-23-31(29-35(33)42)52-41-53-32-24-26-34(36(43)30-32)40(49)45-28-20-16-12-8-4-6-10-14-18-22-38(47)51-2/h23-26,29-30,41H,3-22,27-28H2,1-2H3,(H,44,48)(H,45,49). The number of esters is 2.